The van der Waals surface area contributed by atoms with Crippen LogP contribution in [-0.4, -0.2) is 17.5 Å². The van der Waals surface area contributed by atoms with Crippen molar-refractivity contribution in [2.24, 2.45) is 0 Å². The van der Waals surface area contributed by atoms with Crippen molar-refractivity contribution >= 4 is 5.78 Å². The van der Waals surface area contributed by atoms with E-state index in [-0.39, 0.29) is 12.4 Å². The molecule has 0 aliphatic heterocycles. The fraction of sp³-hybridized carbons (Fsp3) is 0.438. The van der Waals surface area contributed by atoms with Gasteiger partial charge in [-0.05, 0) is 36.3 Å². The fourth-order valence-corrected chi connectivity index (χ4v) is 1.81. The highest BCUT2D eigenvalue weighted by Crippen LogP contribution is 2.20. The number of carbonyl (C=O) groups excluding carboxylic acids is 1. The zero-order valence-electron chi connectivity index (χ0n) is 11.3. The molecule has 0 spiro atoms. The summed E-state index contributed by atoms with van der Waals surface area (Å²) in [6.45, 7) is 8.21. The summed E-state index contributed by atoms with van der Waals surface area (Å²) in [4.78, 5) is 12.0. The number of aliphatic hydroxyl groups excluding tert-OH is 1. The van der Waals surface area contributed by atoms with Crippen LogP contribution >= 0.6 is 0 Å². The first-order valence-corrected chi connectivity index (χ1v) is 6.53. The number of ketones is 1. The van der Waals surface area contributed by atoms with Crippen molar-refractivity contribution in [2.75, 3.05) is 6.61 Å². The smallest absolute Gasteiger partial charge is 0.188 e. The molecule has 1 unspecified atom stereocenters. The Bertz CT molecular complexity index is 404. The molecule has 18 heavy (non-hydrogen) atoms. The van der Waals surface area contributed by atoms with Gasteiger partial charge in [0.05, 0.1) is 0 Å². The maximum Gasteiger partial charge on any atom is 0.188 e. The molecule has 0 aromatic heterocycles. The second kappa shape index (κ2) is 7.12. The first kappa shape index (κ1) is 14.7. The minimum absolute atomic E-state index is 0.0147. The average Bonchev–Trinajstić information content (AvgIpc) is 2.43. The van der Waals surface area contributed by atoms with Gasteiger partial charge in [-0.25, -0.2) is 0 Å². The van der Waals surface area contributed by atoms with Crippen molar-refractivity contribution in [2.45, 2.75) is 39.0 Å². The van der Waals surface area contributed by atoms with Gasteiger partial charge in [-0.1, -0.05) is 44.7 Å². The van der Waals surface area contributed by atoms with Crippen molar-refractivity contribution in [3.8, 4) is 0 Å². The van der Waals surface area contributed by atoms with Crippen molar-refractivity contribution in [3.63, 3.8) is 0 Å². The van der Waals surface area contributed by atoms with E-state index in [2.05, 4.69) is 20.4 Å². The van der Waals surface area contributed by atoms with Gasteiger partial charge in [0.15, 0.2) is 5.78 Å². The number of benzene rings is 1. The number of carbonyl (C=O) groups is 1. The Labute approximate surface area is 109 Å². The molecule has 0 radical (unpaired) electrons. The third-order valence-electron chi connectivity index (χ3n) is 3.31. The van der Waals surface area contributed by atoms with Gasteiger partial charge >= 0.3 is 0 Å². The molecular weight excluding hydrogens is 224 g/mol. The predicted molar refractivity (Wildman–Crippen MR) is 74.9 cm³/mol. The Balaban J connectivity index is 2.73. The number of hydrogen-bond donors (Lipinski definition) is 1. The van der Waals surface area contributed by atoms with Gasteiger partial charge in [-0.2, -0.15) is 0 Å². The summed E-state index contributed by atoms with van der Waals surface area (Å²) in [6, 6.07) is 7.77. The Morgan fingerprint density at radius 1 is 1.33 bits per heavy atom. The number of aliphatic hydroxyl groups is 1. The zero-order valence-corrected chi connectivity index (χ0v) is 11.3. The van der Waals surface area contributed by atoms with Crippen molar-refractivity contribution in [1.82, 2.24) is 0 Å². The van der Waals surface area contributed by atoms with Gasteiger partial charge < -0.3 is 5.11 Å². The van der Waals surface area contributed by atoms with Gasteiger partial charge in [-0.15, -0.1) is 0 Å². The average molecular weight is 246 g/mol. The maximum absolute atomic E-state index is 12.0. The van der Waals surface area contributed by atoms with Crippen LogP contribution in [0.15, 0.2) is 36.4 Å². The highest BCUT2D eigenvalue weighted by atomic mass is 16.2. The lowest BCUT2D eigenvalue weighted by Crippen LogP contribution is -2.03. The molecule has 0 fully saturated rings. The molecule has 0 aliphatic carbocycles. The molecule has 0 saturated carbocycles. The maximum atomic E-state index is 12.0. The summed E-state index contributed by atoms with van der Waals surface area (Å²) in [6.07, 6.45) is 2.24. The summed E-state index contributed by atoms with van der Waals surface area (Å²) in [7, 11) is 0. The van der Waals surface area contributed by atoms with Gasteiger partial charge in [0.1, 0.15) is 0 Å². The SMILES string of the molecule is C=C(CCCO)C(=O)c1ccc(C(C)CC)cc1. The van der Waals surface area contributed by atoms with E-state index < -0.39 is 0 Å². The fourth-order valence-electron chi connectivity index (χ4n) is 1.81. The number of allylic oxidation sites excluding steroid dienone is 1. The monoisotopic (exact) mass is 246 g/mol. The van der Waals surface area contributed by atoms with E-state index in [0.29, 0.717) is 29.9 Å². The highest BCUT2D eigenvalue weighted by molar-refractivity contribution is 6.08. The van der Waals surface area contributed by atoms with Gasteiger partial charge in [0.25, 0.3) is 0 Å². The molecule has 0 amide bonds. The van der Waals surface area contributed by atoms with Gasteiger partial charge in [0, 0.05) is 12.2 Å². The lowest BCUT2D eigenvalue weighted by atomic mass is 9.95. The summed E-state index contributed by atoms with van der Waals surface area (Å²) in [5, 5.41) is 8.74. The van der Waals surface area contributed by atoms with Crippen LogP contribution in [0.2, 0.25) is 0 Å². The van der Waals surface area contributed by atoms with Crippen LogP contribution in [0.25, 0.3) is 0 Å². The van der Waals surface area contributed by atoms with Crippen LogP contribution in [-0.2, 0) is 0 Å². The lowest BCUT2D eigenvalue weighted by molar-refractivity contribution is 0.103. The quantitative estimate of drug-likeness (QED) is 0.588. The minimum Gasteiger partial charge on any atom is -0.396 e. The van der Waals surface area contributed by atoms with Gasteiger partial charge in [0.2, 0.25) is 0 Å². The molecule has 0 heterocycles. The molecule has 1 N–H and O–H groups in total. The molecule has 98 valence electrons. The van der Waals surface area contributed by atoms with Crippen LogP contribution in [0.1, 0.15) is 54.9 Å². The molecule has 0 bridgehead atoms. The van der Waals surface area contributed by atoms with E-state index in [0.717, 1.165) is 6.42 Å². The van der Waals surface area contributed by atoms with Crippen molar-refractivity contribution in [3.05, 3.63) is 47.5 Å². The summed E-state index contributed by atoms with van der Waals surface area (Å²) < 4.78 is 0. The van der Waals surface area contributed by atoms with Crippen molar-refractivity contribution in [1.29, 1.82) is 0 Å². The molecular formula is C16H22O2. The molecule has 2 nitrogen and oxygen atoms in total. The molecule has 0 saturated heterocycles. The normalized spacial score (nSPS) is 12.2. The molecule has 0 aliphatic rings. The van der Waals surface area contributed by atoms with Crippen LogP contribution in [0.3, 0.4) is 0 Å². The van der Waals surface area contributed by atoms with E-state index in [4.69, 9.17) is 5.11 Å². The second-order valence-corrected chi connectivity index (χ2v) is 4.69. The van der Waals surface area contributed by atoms with E-state index in [9.17, 15) is 4.79 Å². The Hall–Kier alpha value is -1.41. The molecule has 1 aromatic rings. The Morgan fingerprint density at radius 2 is 1.94 bits per heavy atom. The standard InChI is InChI=1S/C16H22O2/c1-4-12(2)14-7-9-15(10-8-14)16(18)13(3)6-5-11-17/h7-10,12,17H,3-6,11H2,1-2H3. The predicted octanol–water partition coefficient (Wildman–Crippen LogP) is 3.71. The summed E-state index contributed by atoms with van der Waals surface area (Å²) >= 11 is 0. The van der Waals surface area contributed by atoms with Crippen LogP contribution in [0.4, 0.5) is 0 Å². The Kier molecular flexibility index (Phi) is 5.79. The van der Waals surface area contributed by atoms with Crippen LogP contribution < -0.4 is 0 Å². The van der Waals surface area contributed by atoms with E-state index in [1.165, 1.54) is 5.56 Å². The van der Waals surface area contributed by atoms with Gasteiger partial charge in [-0.3, -0.25) is 4.79 Å². The van der Waals surface area contributed by atoms with Crippen LogP contribution in [0.5, 0.6) is 0 Å². The van der Waals surface area contributed by atoms with Crippen LogP contribution in [0, 0.1) is 0 Å². The molecule has 2 heteroatoms. The van der Waals surface area contributed by atoms with E-state index >= 15 is 0 Å². The second-order valence-electron chi connectivity index (χ2n) is 4.69. The molecule has 1 aromatic carbocycles. The van der Waals surface area contributed by atoms with E-state index in [1.807, 2.05) is 24.3 Å². The number of Topliss-reactive ketones (excluding diaryl/α,β-unsaturated/α-hetero) is 1. The zero-order chi connectivity index (χ0) is 13.5. The lowest BCUT2D eigenvalue weighted by Gasteiger charge is -2.10. The topological polar surface area (TPSA) is 37.3 Å². The molecule has 1 atom stereocenters. The first-order valence-electron chi connectivity index (χ1n) is 6.53. The highest BCUT2D eigenvalue weighted by Gasteiger charge is 2.10. The Morgan fingerprint density at radius 3 is 2.44 bits per heavy atom. The first-order chi connectivity index (χ1) is 8.60. The minimum atomic E-state index is -0.0147. The third-order valence-corrected chi connectivity index (χ3v) is 3.31. The largest absolute Gasteiger partial charge is 0.396 e. The summed E-state index contributed by atoms with van der Waals surface area (Å²) in [5.74, 6) is 0.505. The number of rotatable bonds is 7. The third kappa shape index (κ3) is 3.81. The molecule has 1 rings (SSSR count). The summed E-state index contributed by atoms with van der Waals surface area (Å²) in [5.41, 5.74) is 2.51. The van der Waals surface area contributed by atoms with Crippen molar-refractivity contribution < 1.29 is 9.90 Å². The van der Waals surface area contributed by atoms with E-state index in [1.54, 1.807) is 0 Å². The number of hydrogen-bond acceptors (Lipinski definition) is 2.